The maximum absolute atomic E-state index is 5.93. The molecule has 0 radical (unpaired) electrons. The number of hydrogen-bond acceptors (Lipinski definition) is 3. The molecule has 0 aliphatic rings. The summed E-state index contributed by atoms with van der Waals surface area (Å²) < 4.78 is 6.49. The lowest BCUT2D eigenvalue weighted by molar-refractivity contribution is 0.411. The van der Waals surface area contributed by atoms with Gasteiger partial charge in [0.25, 0.3) is 0 Å². The molecule has 0 saturated carbocycles. The highest BCUT2D eigenvalue weighted by atomic mass is 32.1. The van der Waals surface area contributed by atoms with Gasteiger partial charge in [0.05, 0.1) is 17.5 Å². The Bertz CT molecular complexity index is 462. The number of hydrogen-bond donors (Lipinski definition) is 1. The third-order valence-corrected chi connectivity index (χ3v) is 3.37. The number of aryl methyl sites for hydroxylation is 1. The van der Waals surface area contributed by atoms with Gasteiger partial charge in [0.15, 0.2) is 0 Å². The molecule has 0 fully saturated rings. The minimum atomic E-state index is 0.809. The number of nitrogens with two attached hydrogens (primary N) is 1. The van der Waals surface area contributed by atoms with Gasteiger partial charge in [0.1, 0.15) is 5.75 Å². The number of fused-ring (bicyclic) bond motifs is 1. The van der Waals surface area contributed by atoms with Crippen LogP contribution >= 0.6 is 11.3 Å². The summed E-state index contributed by atoms with van der Waals surface area (Å²) >= 11 is 1.68. The molecule has 0 saturated heterocycles. The van der Waals surface area contributed by atoms with E-state index in [-0.39, 0.29) is 0 Å². The fraction of sp³-hybridized carbons (Fsp3) is 0.273. The molecule has 0 atom stereocenters. The van der Waals surface area contributed by atoms with E-state index in [0.29, 0.717) is 0 Å². The second kappa shape index (κ2) is 3.50. The largest absolute Gasteiger partial charge is 0.496 e. The number of thiophene rings is 1. The van der Waals surface area contributed by atoms with Gasteiger partial charge in [-0.2, -0.15) is 0 Å². The minimum absolute atomic E-state index is 0.809. The predicted molar refractivity (Wildman–Crippen MR) is 62.2 cm³/mol. The Kier molecular flexibility index (Phi) is 2.33. The summed E-state index contributed by atoms with van der Waals surface area (Å²) in [5.41, 5.74) is 7.99. The molecule has 1 aromatic heterocycles. The Hall–Kier alpha value is -1.22. The second-order valence-corrected chi connectivity index (χ2v) is 4.08. The zero-order chi connectivity index (χ0) is 10.1. The Morgan fingerprint density at radius 3 is 2.93 bits per heavy atom. The molecule has 0 spiro atoms. The van der Waals surface area contributed by atoms with Gasteiger partial charge >= 0.3 is 0 Å². The van der Waals surface area contributed by atoms with Crippen LogP contribution in [0.15, 0.2) is 17.5 Å². The van der Waals surface area contributed by atoms with Crippen LogP contribution < -0.4 is 10.5 Å². The number of nitrogen functional groups attached to an aromatic ring is 1. The number of methoxy groups -OCH3 is 1. The molecule has 1 heterocycles. The lowest BCUT2D eigenvalue weighted by Gasteiger charge is -2.09. The van der Waals surface area contributed by atoms with Gasteiger partial charge in [0.2, 0.25) is 0 Å². The van der Waals surface area contributed by atoms with E-state index in [0.717, 1.165) is 17.9 Å². The standard InChI is InChI=1S/C11H13NOS/c1-3-7-8-4-5-14-11(8)9(12)6-10(7)13-2/h4-6H,3,12H2,1-2H3. The number of ether oxygens (including phenoxy) is 1. The normalized spacial score (nSPS) is 10.7. The van der Waals surface area contributed by atoms with Crippen LogP contribution in [0.2, 0.25) is 0 Å². The van der Waals surface area contributed by atoms with E-state index in [4.69, 9.17) is 10.5 Å². The fourth-order valence-electron chi connectivity index (χ4n) is 1.74. The van der Waals surface area contributed by atoms with Crippen LogP contribution in [0.25, 0.3) is 10.1 Å². The topological polar surface area (TPSA) is 35.2 Å². The molecule has 14 heavy (non-hydrogen) atoms. The molecule has 1 aromatic carbocycles. The molecule has 0 aliphatic heterocycles. The van der Waals surface area contributed by atoms with E-state index in [1.807, 2.05) is 6.07 Å². The van der Waals surface area contributed by atoms with Gasteiger partial charge in [-0.15, -0.1) is 11.3 Å². The van der Waals surface area contributed by atoms with E-state index < -0.39 is 0 Å². The summed E-state index contributed by atoms with van der Waals surface area (Å²) in [6, 6.07) is 4.02. The summed E-state index contributed by atoms with van der Waals surface area (Å²) in [4.78, 5) is 0. The average molecular weight is 207 g/mol. The molecular formula is C11H13NOS. The zero-order valence-electron chi connectivity index (χ0n) is 8.33. The molecule has 2 aromatic rings. The Balaban J connectivity index is 2.82. The van der Waals surface area contributed by atoms with E-state index in [1.165, 1.54) is 15.6 Å². The van der Waals surface area contributed by atoms with Crippen LogP contribution in [0.4, 0.5) is 5.69 Å². The van der Waals surface area contributed by atoms with Crippen LogP contribution in [-0.4, -0.2) is 7.11 Å². The highest BCUT2D eigenvalue weighted by molar-refractivity contribution is 7.17. The lowest BCUT2D eigenvalue weighted by Crippen LogP contribution is -1.94. The van der Waals surface area contributed by atoms with Crippen molar-refractivity contribution in [3.63, 3.8) is 0 Å². The molecule has 74 valence electrons. The van der Waals surface area contributed by atoms with Gasteiger partial charge < -0.3 is 10.5 Å². The first kappa shape index (κ1) is 9.34. The van der Waals surface area contributed by atoms with Crippen molar-refractivity contribution in [3.8, 4) is 5.75 Å². The Morgan fingerprint density at radius 2 is 2.29 bits per heavy atom. The highest BCUT2D eigenvalue weighted by Gasteiger charge is 2.10. The molecular weight excluding hydrogens is 194 g/mol. The lowest BCUT2D eigenvalue weighted by atomic mass is 10.1. The maximum atomic E-state index is 5.93. The molecule has 3 heteroatoms. The van der Waals surface area contributed by atoms with E-state index in [1.54, 1.807) is 18.4 Å². The van der Waals surface area contributed by atoms with Crippen molar-refractivity contribution in [1.82, 2.24) is 0 Å². The van der Waals surface area contributed by atoms with Crippen LogP contribution in [0.3, 0.4) is 0 Å². The SMILES string of the molecule is CCc1c(OC)cc(N)c2sccc12. The zero-order valence-corrected chi connectivity index (χ0v) is 9.15. The van der Waals surface area contributed by atoms with Crippen LogP contribution in [0.5, 0.6) is 5.75 Å². The minimum Gasteiger partial charge on any atom is -0.496 e. The third kappa shape index (κ3) is 1.24. The molecule has 0 unspecified atom stereocenters. The number of benzene rings is 1. The van der Waals surface area contributed by atoms with Crippen molar-refractivity contribution in [1.29, 1.82) is 0 Å². The summed E-state index contributed by atoms with van der Waals surface area (Å²) in [6.07, 6.45) is 0.969. The second-order valence-electron chi connectivity index (χ2n) is 3.16. The number of rotatable bonds is 2. The monoisotopic (exact) mass is 207 g/mol. The highest BCUT2D eigenvalue weighted by Crippen LogP contribution is 2.36. The fourth-order valence-corrected chi connectivity index (χ4v) is 2.60. The van der Waals surface area contributed by atoms with Crippen molar-refractivity contribution < 1.29 is 4.74 Å². The third-order valence-electron chi connectivity index (χ3n) is 2.41. The van der Waals surface area contributed by atoms with Gasteiger partial charge in [0, 0.05) is 17.0 Å². The van der Waals surface area contributed by atoms with Crippen LogP contribution in [-0.2, 0) is 6.42 Å². The maximum Gasteiger partial charge on any atom is 0.124 e. The molecule has 0 aliphatic carbocycles. The smallest absolute Gasteiger partial charge is 0.124 e. The predicted octanol–water partition coefficient (Wildman–Crippen LogP) is 3.05. The quantitative estimate of drug-likeness (QED) is 0.768. The summed E-state index contributed by atoms with van der Waals surface area (Å²) in [7, 11) is 1.69. The summed E-state index contributed by atoms with van der Waals surface area (Å²) in [6.45, 7) is 2.13. The van der Waals surface area contributed by atoms with Gasteiger partial charge in [-0.1, -0.05) is 6.92 Å². The first-order valence-electron chi connectivity index (χ1n) is 4.60. The average Bonchev–Trinajstić information content (AvgIpc) is 2.66. The van der Waals surface area contributed by atoms with E-state index in [2.05, 4.69) is 18.4 Å². The molecule has 2 N–H and O–H groups in total. The molecule has 0 amide bonds. The Labute approximate surface area is 87.3 Å². The molecule has 0 bridgehead atoms. The van der Waals surface area contributed by atoms with Gasteiger partial charge in [-0.05, 0) is 17.9 Å². The molecule has 2 rings (SSSR count). The summed E-state index contributed by atoms with van der Waals surface area (Å²) in [5.74, 6) is 0.899. The summed E-state index contributed by atoms with van der Waals surface area (Å²) in [5, 5.41) is 3.30. The van der Waals surface area contributed by atoms with Crippen molar-refractivity contribution in [2.24, 2.45) is 0 Å². The first-order chi connectivity index (χ1) is 6.77. The van der Waals surface area contributed by atoms with Gasteiger partial charge in [-0.25, -0.2) is 0 Å². The van der Waals surface area contributed by atoms with E-state index >= 15 is 0 Å². The Morgan fingerprint density at radius 1 is 1.50 bits per heavy atom. The van der Waals surface area contributed by atoms with Crippen molar-refractivity contribution >= 4 is 27.1 Å². The van der Waals surface area contributed by atoms with Crippen molar-refractivity contribution in [3.05, 3.63) is 23.1 Å². The van der Waals surface area contributed by atoms with Crippen molar-refractivity contribution in [2.75, 3.05) is 12.8 Å². The van der Waals surface area contributed by atoms with Crippen LogP contribution in [0, 0.1) is 0 Å². The van der Waals surface area contributed by atoms with E-state index in [9.17, 15) is 0 Å². The van der Waals surface area contributed by atoms with Crippen molar-refractivity contribution in [2.45, 2.75) is 13.3 Å². The first-order valence-corrected chi connectivity index (χ1v) is 5.48. The van der Waals surface area contributed by atoms with Crippen LogP contribution in [0.1, 0.15) is 12.5 Å². The van der Waals surface area contributed by atoms with Gasteiger partial charge in [-0.3, -0.25) is 0 Å². The number of anilines is 1. The molecule has 2 nitrogen and oxygen atoms in total.